The fourth-order valence-corrected chi connectivity index (χ4v) is 2.00. The summed E-state index contributed by atoms with van der Waals surface area (Å²) < 4.78 is 16.3. The smallest absolute Gasteiger partial charge is 0.176 e. The molecule has 19 heavy (non-hydrogen) atoms. The Bertz CT molecular complexity index is 353. The van der Waals surface area contributed by atoms with E-state index in [1.807, 2.05) is 25.1 Å². The van der Waals surface area contributed by atoms with Crippen LogP contribution < -0.4 is 10.1 Å². The van der Waals surface area contributed by atoms with Crippen LogP contribution in [0.25, 0.3) is 0 Å². The van der Waals surface area contributed by atoms with E-state index in [1.165, 1.54) is 0 Å². The molecule has 1 rings (SSSR count). The first-order valence-corrected chi connectivity index (χ1v) is 6.78. The van der Waals surface area contributed by atoms with Crippen LogP contribution >= 0.6 is 0 Å². The Hall–Kier alpha value is -1.10. The lowest BCUT2D eigenvalue weighted by molar-refractivity contribution is -0.124. The van der Waals surface area contributed by atoms with Crippen LogP contribution in [0.5, 0.6) is 5.75 Å². The summed E-state index contributed by atoms with van der Waals surface area (Å²) in [5.41, 5.74) is 1.10. The van der Waals surface area contributed by atoms with Gasteiger partial charge in [0.15, 0.2) is 6.29 Å². The van der Waals surface area contributed by atoms with Crippen molar-refractivity contribution in [2.75, 3.05) is 27.4 Å². The number of ether oxygens (including phenoxy) is 3. The summed E-state index contributed by atoms with van der Waals surface area (Å²) in [6.07, 6.45) is 0.741. The zero-order valence-corrected chi connectivity index (χ0v) is 12.3. The van der Waals surface area contributed by atoms with E-state index in [1.54, 1.807) is 14.2 Å². The zero-order valence-electron chi connectivity index (χ0n) is 12.3. The highest BCUT2D eigenvalue weighted by atomic mass is 16.7. The Kier molecular flexibility index (Phi) is 7.48. The van der Waals surface area contributed by atoms with Gasteiger partial charge in [-0.3, -0.25) is 0 Å². The van der Waals surface area contributed by atoms with Crippen molar-refractivity contribution in [1.29, 1.82) is 0 Å². The van der Waals surface area contributed by atoms with Gasteiger partial charge in [-0.15, -0.1) is 0 Å². The van der Waals surface area contributed by atoms with E-state index in [-0.39, 0.29) is 12.3 Å². The maximum absolute atomic E-state index is 5.54. The predicted molar refractivity (Wildman–Crippen MR) is 76.5 cm³/mol. The van der Waals surface area contributed by atoms with Crippen molar-refractivity contribution < 1.29 is 14.2 Å². The molecule has 0 aromatic heterocycles. The number of rotatable bonds is 9. The van der Waals surface area contributed by atoms with E-state index in [9.17, 15) is 0 Å². The lowest BCUT2D eigenvalue weighted by Crippen LogP contribution is -2.35. The van der Waals surface area contributed by atoms with Gasteiger partial charge in [0, 0.05) is 14.2 Å². The van der Waals surface area contributed by atoms with Crippen molar-refractivity contribution in [3.8, 4) is 5.75 Å². The van der Waals surface area contributed by atoms with Gasteiger partial charge in [0.2, 0.25) is 0 Å². The molecule has 4 heteroatoms. The molecule has 4 nitrogen and oxygen atoms in total. The van der Waals surface area contributed by atoms with Crippen molar-refractivity contribution in [2.45, 2.75) is 32.6 Å². The van der Waals surface area contributed by atoms with Crippen LogP contribution in [-0.4, -0.2) is 33.7 Å². The minimum Gasteiger partial charge on any atom is -0.494 e. The van der Waals surface area contributed by atoms with E-state index in [2.05, 4.69) is 18.3 Å². The number of hydrogen-bond donors (Lipinski definition) is 1. The van der Waals surface area contributed by atoms with E-state index >= 15 is 0 Å². The van der Waals surface area contributed by atoms with Crippen molar-refractivity contribution in [1.82, 2.24) is 5.32 Å². The SMILES string of the molecule is CCCNC(c1cccc(OCC)c1)C(OC)OC. The van der Waals surface area contributed by atoms with Crippen LogP contribution in [0.3, 0.4) is 0 Å². The number of benzene rings is 1. The molecule has 1 N–H and O–H groups in total. The zero-order chi connectivity index (χ0) is 14.1. The van der Waals surface area contributed by atoms with E-state index in [4.69, 9.17) is 14.2 Å². The second-order valence-electron chi connectivity index (χ2n) is 4.28. The van der Waals surface area contributed by atoms with E-state index in [0.717, 1.165) is 24.3 Å². The number of methoxy groups -OCH3 is 2. The van der Waals surface area contributed by atoms with Crippen LogP contribution in [-0.2, 0) is 9.47 Å². The van der Waals surface area contributed by atoms with Crippen molar-refractivity contribution in [3.05, 3.63) is 29.8 Å². The highest BCUT2D eigenvalue weighted by Gasteiger charge is 2.22. The molecular formula is C15H25NO3. The van der Waals surface area contributed by atoms with Gasteiger partial charge in [-0.05, 0) is 37.6 Å². The lowest BCUT2D eigenvalue weighted by Gasteiger charge is -2.26. The Balaban J connectivity index is 2.91. The van der Waals surface area contributed by atoms with Gasteiger partial charge in [-0.25, -0.2) is 0 Å². The third-order valence-corrected chi connectivity index (χ3v) is 2.88. The summed E-state index contributed by atoms with van der Waals surface area (Å²) in [5.74, 6) is 0.870. The molecule has 0 aliphatic carbocycles. The Labute approximate surface area is 116 Å². The van der Waals surface area contributed by atoms with Crippen LogP contribution in [0.2, 0.25) is 0 Å². The largest absolute Gasteiger partial charge is 0.494 e. The van der Waals surface area contributed by atoms with E-state index in [0.29, 0.717) is 6.61 Å². The van der Waals surface area contributed by atoms with Crippen LogP contribution in [0.4, 0.5) is 0 Å². The summed E-state index contributed by atoms with van der Waals surface area (Å²) in [5, 5.41) is 3.45. The van der Waals surface area contributed by atoms with Crippen LogP contribution in [0.15, 0.2) is 24.3 Å². The molecule has 1 aromatic rings. The standard InChI is InChI=1S/C15H25NO3/c1-5-10-16-14(15(17-3)18-4)12-8-7-9-13(11-12)19-6-2/h7-9,11,14-16H,5-6,10H2,1-4H3. The van der Waals surface area contributed by atoms with Crippen LogP contribution in [0, 0.1) is 0 Å². The first-order valence-electron chi connectivity index (χ1n) is 6.78. The minimum atomic E-state index is -0.316. The molecule has 1 aromatic carbocycles. The monoisotopic (exact) mass is 267 g/mol. The topological polar surface area (TPSA) is 39.7 Å². The van der Waals surface area contributed by atoms with Crippen molar-refractivity contribution >= 4 is 0 Å². The van der Waals surface area contributed by atoms with Gasteiger partial charge in [-0.1, -0.05) is 19.1 Å². The normalized spacial score (nSPS) is 12.7. The van der Waals surface area contributed by atoms with Gasteiger partial charge in [-0.2, -0.15) is 0 Å². The third-order valence-electron chi connectivity index (χ3n) is 2.88. The fourth-order valence-electron chi connectivity index (χ4n) is 2.00. The van der Waals surface area contributed by atoms with Gasteiger partial charge >= 0.3 is 0 Å². The minimum absolute atomic E-state index is 0.00430. The molecule has 0 radical (unpaired) electrons. The average molecular weight is 267 g/mol. The Morgan fingerprint density at radius 3 is 2.47 bits per heavy atom. The molecular weight excluding hydrogens is 242 g/mol. The molecule has 0 spiro atoms. The first-order chi connectivity index (χ1) is 9.26. The van der Waals surface area contributed by atoms with Crippen LogP contribution in [0.1, 0.15) is 31.9 Å². The molecule has 0 bridgehead atoms. The summed E-state index contributed by atoms with van der Waals surface area (Å²) in [6, 6.07) is 8.03. The highest BCUT2D eigenvalue weighted by molar-refractivity contribution is 5.31. The summed E-state index contributed by atoms with van der Waals surface area (Å²) >= 11 is 0. The molecule has 108 valence electrons. The highest BCUT2D eigenvalue weighted by Crippen LogP contribution is 2.23. The Morgan fingerprint density at radius 2 is 1.89 bits per heavy atom. The maximum atomic E-state index is 5.54. The number of nitrogens with one attached hydrogen (secondary N) is 1. The van der Waals surface area contributed by atoms with Gasteiger partial charge in [0.25, 0.3) is 0 Å². The molecule has 0 fully saturated rings. The average Bonchev–Trinajstić information content (AvgIpc) is 2.44. The summed E-state index contributed by atoms with van der Waals surface area (Å²) in [4.78, 5) is 0. The number of hydrogen-bond acceptors (Lipinski definition) is 4. The van der Waals surface area contributed by atoms with Crippen molar-refractivity contribution in [3.63, 3.8) is 0 Å². The van der Waals surface area contributed by atoms with Gasteiger partial charge in [0.1, 0.15) is 5.75 Å². The Morgan fingerprint density at radius 1 is 1.16 bits per heavy atom. The molecule has 1 unspecified atom stereocenters. The van der Waals surface area contributed by atoms with E-state index < -0.39 is 0 Å². The second-order valence-corrected chi connectivity index (χ2v) is 4.28. The van der Waals surface area contributed by atoms with Crippen molar-refractivity contribution in [2.24, 2.45) is 0 Å². The summed E-state index contributed by atoms with van der Waals surface area (Å²) in [7, 11) is 3.31. The first kappa shape index (κ1) is 16.0. The predicted octanol–water partition coefficient (Wildman–Crippen LogP) is 2.74. The fraction of sp³-hybridized carbons (Fsp3) is 0.600. The quantitative estimate of drug-likeness (QED) is 0.698. The molecule has 0 heterocycles. The molecule has 0 saturated carbocycles. The lowest BCUT2D eigenvalue weighted by atomic mass is 10.1. The maximum Gasteiger partial charge on any atom is 0.176 e. The molecule has 0 aliphatic heterocycles. The second kappa shape index (κ2) is 8.91. The van der Waals surface area contributed by atoms with Gasteiger partial charge < -0.3 is 19.5 Å². The third kappa shape index (κ3) is 4.82. The van der Waals surface area contributed by atoms with Gasteiger partial charge in [0.05, 0.1) is 12.6 Å². The molecule has 0 amide bonds. The molecule has 0 aliphatic rings. The molecule has 1 atom stereocenters. The molecule has 0 saturated heterocycles. The summed E-state index contributed by atoms with van der Waals surface area (Å²) in [6.45, 7) is 5.68.